The van der Waals surface area contributed by atoms with Crippen LogP contribution in [0.15, 0.2) is 0 Å². The summed E-state index contributed by atoms with van der Waals surface area (Å²) in [6.07, 6.45) is 0.983. The Morgan fingerprint density at radius 3 is 1.33 bits per heavy atom. The van der Waals surface area contributed by atoms with Crippen molar-refractivity contribution >= 4 is 0 Å². The van der Waals surface area contributed by atoms with Crippen molar-refractivity contribution in [2.75, 3.05) is 0 Å². The molecule has 0 heterocycles. The maximum atomic E-state index is 2.86. The van der Waals surface area contributed by atoms with E-state index in [1.165, 1.54) is 0 Å². The molecule has 0 aromatic heterocycles. The van der Waals surface area contributed by atoms with Crippen LogP contribution in [0.25, 0.3) is 0 Å². The fraction of sp³-hybridized carbons (Fsp3) is 0.556. The van der Waals surface area contributed by atoms with Gasteiger partial charge in [0.2, 0.25) is 0 Å². The van der Waals surface area contributed by atoms with E-state index < -0.39 is 0 Å². The molecule has 0 saturated carbocycles. The third-order valence-electron chi connectivity index (χ3n) is 0.604. The van der Waals surface area contributed by atoms with Gasteiger partial charge in [-0.3, -0.25) is 0 Å². The summed E-state index contributed by atoms with van der Waals surface area (Å²) in [6, 6.07) is 0. The third-order valence-corrected chi connectivity index (χ3v) is 0.604. The fourth-order valence-corrected chi connectivity index (χ4v) is 0.177. The van der Waals surface area contributed by atoms with Gasteiger partial charge in [-0.2, -0.15) is 0 Å². The van der Waals surface area contributed by atoms with Gasteiger partial charge in [0, 0.05) is 6.42 Å². The highest BCUT2D eigenvalue weighted by molar-refractivity contribution is 4.92. The zero-order valence-electron chi connectivity index (χ0n) is 6.71. The van der Waals surface area contributed by atoms with Gasteiger partial charge in [-0.25, -0.2) is 0 Å². The maximum Gasteiger partial charge on any atom is 0.00601 e. The van der Waals surface area contributed by atoms with Crippen molar-refractivity contribution < 1.29 is 0 Å². The number of hydrogen-bond donors (Lipinski definition) is 0. The first-order valence-electron chi connectivity index (χ1n) is 3.06. The summed E-state index contributed by atoms with van der Waals surface area (Å²) in [7, 11) is 0. The molecule has 0 spiro atoms. The van der Waals surface area contributed by atoms with Crippen LogP contribution in [-0.2, 0) is 0 Å². The van der Waals surface area contributed by atoms with E-state index in [9.17, 15) is 0 Å². The smallest absolute Gasteiger partial charge is 0.00601 e. The van der Waals surface area contributed by atoms with Crippen molar-refractivity contribution in [1.82, 2.24) is 0 Å². The third kappa shape index (κ3) is 41.5. The lowest BCUT2D eigenvalue weighted by atomic mass is 10.5. The molecule has 0 rings (SSSR count). The van der Waals surface area contributed by atoms with Crippen molar-refractivity contribution in [3.63, 3.8) is 0 Å². The fourth-order valence-electron chi connectivity index (χ4n) is 0.177. The molecule has 0 unspecified atom stereocenters. The van der Waals surface area contributed by atoms with Crippen LogP contribution in [0.2, 0.25) is 0 Å². The molecule has 0 nitrogen and oxygen atoms in total. The van der Waals surface area contributed by atoms with Gasteiger partial charge in [0.1, 0.15) is 0 Å². The summed E-state index contributed by atoms with van der Waals surface area (Å²) in [6.45, 7) is 7.53. The average Bonchev–Trinajstić information content (AvgIpc) is 1.91. The lowest BCUT2D eigenvalue weighted by molar-refractivity contribution is 1.28. The van der Waals surface area contributed by atoms with E-state index in [1.54, 1.807) is 0 Å². The molecule has 0 aromatic carbocycles. The number of rotatable bonds is 0. The molecule has 0 atom stereocenters. The highest BCUT2D eigenvalue weighted by Crippen LogP contribution is 1.62. The molecule has 0 amide bonds. The van der Waals surface area contributed by atoms with Crippen molar-refractivity contribution in [1.29, 1.82) is 0 Å². The molecule has 0 aliphatic carbocycles. The van der Waals surface area contributed by atoms with Crippen molar-refractivity contribution in [2.24, 2.45) is 0 Å². The Bertz CT molecular complexity index is 127. The second-order valence-electron chi connectivity index (χ2n) is 1.28. The van der Waals surface area contributed by atoms with Gasteiger partial charge in [0.25, 0.3) is 0 Å². The Kier molecular flexibility index (Phi) is 19.2. The quantitative estimate of drug-likeness (QED) is 0.433. The molecular formula is C9H14. The van der Waals surface area contributed by atoms with Crippen LogP contribution in [0.1, 0.15) is 34.1 Å². The van der Waals surface area contributed by atoms with Gasteiger partial charge in [0.15, 0.2) is 0 Å². The molecule has 0 bridgehead atoms. The van der Waals surface area contributed by atoms with Crippen LogP contribution in [0.5, 0.6) is 0 Å². The van der Waals surface area contributed by atoms with Crippen LogP contribution in [-0.4, -0.2) is 0 Å². The lowest BCUT2D eigenvalue weighted by Gasteiger charge is -1.58. The molecule has 9 heavy (non-hydrogen) atoms. The second-order valence-corrected chi connectivity index (χ2v) is 1.28. The summed E-state index contributed by atoms with van der Waals surface area (Å²) in [5.74, 6) is 11.0. The van der Waals surface area contributed by atoms with E-state index in [2.05, 4.69) is 23.7 Å². The van der Waals surface area contributed by atoms with E-state index in [4.69, 9.17) is 0 Å². The number of hydrogen-bond acceptors (Lipinski definition) is 0. The van der Waals surface area contributed by atoms with E-state index >= 15 is 0 Å². The summed E-state index contributed by atoms with van der Waals surface area (Å²) in [5.41, 5.74) is 0. The van der Waals surface area contributed by atoms with Crippen LogP contribution in [0.3, 0.4) is 0 Å². The van der Waals surface area contributed by atoms with E-state index in [1.807, 2.05) is 27.7 Å². The molecule has 50 valence electrons. The van der Waals surface area contributed by atoms with Gasteiger partial charge in [-0.1, -0.05) is 6.92 Å². The van der Waals surface area contributed by atoms with Crippen molar-refractivity contribution in [3.05, 3.63) is 0 Å². The predicted octanol–water partition coefficient (Wildman–Crippen LogP) is 2.45. The zero-order valence-corrected chi connectivity index (χ0v) is 6.71. The molecule has 0 aromatic rings. The van der Waals surface area contributed by atoms with Gasteiger partial charge in [-0.15, -0.1) is 23.7 Å². The van der Waals surface area contributed by atoms with Gasteiger partial charge >= 0.3 is 0 Å². The highest BCUT2D eigenvalue weighted by Gasteiger charge is 1.48. The molecule has 0 aliphatic rings. The maximum absolute atomic E-state index is 2.86. The summed E-state index contributed by atoms with van der Waals surface area (Å²) in [4.78, 5) is 0. The summed E-state index contributed by atoms with van der Waals surface area (Å²) >= 11 is 0. The minimum absolute atomic E-state index is 0.983. The van der Waals surface area contributed by atoms with E-state index in [0.717, 1.165) is 6.42 Å². The largest absolute Gasteiger partial charge is 0.107 e. The first-order chi connectivity index (χ1) is 4.33. The van der Waals surface area contributed by atoms with E-state index in [0.29, 0.717) is 0 Å². The molecule has 0 fully saturated rings. The van der Waals surface area contributed by atoms with Crippen molar-refractivity contribution in [3.8, 4) is 23.7 Å². The van der Waals surface area contributed by atoms with Gasteiger partial charge in [-0.05, 0) is 20.8 Å². The Labute approximate surface area is 58.7 Å². The SMILES string of the molecule is CC#CC.CC#CCC. The van der Waals surface area contributed by atoms with E-state index in [-0.39, 0.29) is 0 Å². The van der Waals surface area contributed by atoms with Crippen LogP contribution < -0.4 is 0 Å². The van der Waals surface area contributed by atoms with Crippen LogP contribution >= 0.6 is 0 Å². The lowest BCUT2D eigenvalue weighted by Crippen LogP contribution is -1.45. The molecular weight excluding hydrogens is 108 g/mol. The normalized spacial score (nSPS) is 4.44. The molecule has 0 saturated heterocycles. The average molecular weight is 122 g/mol. The first kappa shape index (κ1) is 11.0. The van der Waals surface area contributed by atoms with Crippen LogP contribution in [0, 0.1) is 23.7 Å². The topological polar surface area (TPSA) is 0 Å². The second kappa shape index (κ2) is 15.7. The molecule has 0 heteroatoms. The van der Waals surface area contributed by atoms with Gasteiger partial charge in [0.05, 0.1) is 0 Å². The molecule has 0 aliphatic heterocycles. The zero-order chi connectivity index (χ0) is 7.54. The standard InChI is InChI=1S/C5H8.C4H6/c1-3-5-4-2;1-3-4-2/h3H2,1-2H3;1-2H3. The van der Waals surface area contributed by atoms with Crippen molar-refractivity contribution in [2.45, 2.75) is 34.1 Å². The monoisotopic (exact) mass is 122 g/mol. The summed E-state index contributed by atoms with van der Waals surface area (Å²) in [5, 5.41) is 0. The minimum atomic E-state index is 0.983. The predicted molar refractivity (Wildman–Crippen MR) is 42.9 cm³/mol. The highest BCUT2D eigenvalue weighted by atomic mass is 13.5. The minimum Gasteiger partial charge on any atom is -0.107 e. The van der Waals surface area contributed by atoms with Gasteiger partial charge < -0.3 is 0 Å². The Hall–Kier alpha value is -0.880. The summed E-state index contributed by atoms with van der Waals surface area (Å²) < 4.78 is 0. The van der Waals surface area contributed by atoms with Crippen LogP contribution in [0.4, 0.5) is 0 Å². The Morgan fingerprint density at radius 1 is 0.889 bits per heavy atom. The molecule has 0 radical (unpaired) electrons. The Morgan fingerprint density at radius 2 is 1.33 bits per heavy atom. The first-order valence-corrected chi connectivity index (χ1v) is 3.06. The molecule has 0 N–H and O–H groups in total. The Balaban J connectivity index is 0.